The molecular weight excluding hydrogens is 210 g/mol. The summed E-state index contributed by atoms with van der Waals surface area (Å²) in [7, 11) is 0. The van der Waals surface area contributed by atoms with E-state index in [1.165, 1.54) is 38.5 Å². The molecule has 0 bridgehead atoms. The maximum Gasteiger partial charge on any atom is 0.0840 e. The molecule has 0 aromatic rings. The fourth-order valence-electron chi connectivity index (χ4n) is 3.72. The molecule has 1 aliphatic carbocycles. The average Bonchev–Trinajstić information content (AvgIpc) is 2.55. The number of hydrogen-bond acceptors (Lipinski definition) is 2. The van der Waals surface area contributed by atoms with Crippen LogP contribution in [0.3, 0.4) is 0 Å². The zero-order valence-electron chi connectivity index (χ0n) is 12.3. The Hall–Kier alpha value is -0.0800. The minimum absolute atomic E-state index is 0.104. The van der Waals surface area contributed by atoms with E-state index in [4.69, 9.17) is 4.84 Å². The molecule has 0 aromatic heterocycles. The molecule has 1 unspecified atom stereocenters. The zero-order valence-corrected chi connectivity index (χ0v) is 12.3. The average molecular weight is 239 g/mol. The van der Waals surface area contributed by atoms with Crippen LogP contribution in [-0.4, -0.2) is 22.2 Å². The van der Waals surface area contributed by atoms with Crippen molar-refractivity contribution in [3.63, 3.8) is 0 Å². The molecule has 1 atom stereocenters. The molecular formula is C15H29NO. The van der Waals surface area contributed by atoms with Crippen molar-refractivity contribution in [2.75, 3.05) is 0 Å². The molecule has 0 radical (unpaired) electrons. The van der Waals surface area contributed by atoms with Gasteiger partial charge in [-0.2, -0.15) is 5.06 Å². The maximum atomic E-state index is 6.31. The molecule has 2 nitrogen and oxygen atoms in total. The minimum Gasteiger partial charge on any atom is -0.294 e. The summed E-state index contributed by atoms with van der Waals surface area (Å²) in [6, 6.07) is 0. The Balaban J connectivity index is 2.04. The van der Waals surface area contributed by atoms with Crippen LogP contribution >= 0.6 is 0 Å². The minimum atomic E-state index is 0.104. The Labute approximate surface area is 107 Å². The van der Waals surface area contributed by atoms with E-state index in [1.54, 1.807) is 0 Å². The van der Waals surface area contributed by atoms with Gasteiger partial charge in [-0.25, -0.2) is 0 Å². The first-order valence-corrected chi connectivity index (χ1v) is 7.28. The van der Waals surface area contributed by atoms with Gasteiger partial charge in [0.2, 0.25) is 0 Å². The molecule has 0 N–H and O–H groups in total. The monoisotopic (exact) mass is 239 g/mol. The van der Waals surface area contributed by atoms with E-state index in [0.717, 1.165) is 5.92 Å². The second-order valence-corrected chi connectivity index (χ2v) is 7.52. The molecule has 0 spiro atoms. The maximum absolute atomic E-state index is 6.31. The molecule has 2 rings (SSSR count). The fourth-order valence-corrected chi connectivity index (χ4v) is 3.72. The van der Waals surface area contributed by atoms with E-state index in [0.29, 0.717) is 6.10 Å². The van der Waals surface area contributed by atoms with Crippen LogP contribution in [0.15, 0.2) is 0 Å². The normalized spacial score (nSPS) is 31.9. The topological polar surface area (TPSA) is 12.5 Å². The highest BCUT2D eigenvalue weighted by Gasteiger charge is 2.47. The molecule has 0 aromatic carbocycles. The van der Waals surface area contributed by atoms with Gasteiger partial charge in [-0.15, -0.1) is 0 Å². The summed E-state index contributed by atoms with van der Waals surface area (Å²) in [6.07, 6.45) is 8.63. The molecule has 0 amide bonds. The quantitative estimate of drug-likeness (QED) is 0.681. The molecule has 17 heavy (non-hydrogen) atoms. The third-order valence-electron chi connectivity index (χ3n) is 4.28. The summed E-state index contributed by atoms with van der Waals surface area (Å²) in [4.78, 5) is 6.31. The molecule has 2 heteroatoms. The standard InChI is InChI=1S/C15H29NO/c1-14(2,3)16-15(4,5)11-13(17-16)12-9-7-6-8-10-12/h12-13H,6-11H2,1-5H3. The predicted molar refractivity (Wildman–Crippen MR) is 71.7 cm³/mol. The summed E-state index contributed by atoms with van der Waals surface area (Å²) in [6.45, 7) is 11.4. The summed E-state index contributed by atoms with van der Waals surface area (Å²) in [5, 5.41) is 2.25. The number of hydrogen-bond donors (Lipinski definition) is 0. The summed E-state index contributed by atoms with van der Waals surface area (Å²) < 4.78 is 0. The first-order valence-electron chi connectivity index (χ1n) is 7.28. The largest absolute Gasteiger partial charge is 0.294 e. The highest BCUT2D eigenvalue weighted by atomic mass is 16.7. The van der Waals surface area contributed by atoms with Crippen LogP contribution in [0.5, 0.6) is 0 Å². The van der Waals surface area contributed by atoms with Crippen LogP contribution in [0.4, 0.5) is 0 Å². The predicted octanol–water partition coefficient (Wildman–Crippen LogP) is 4.15. The SMILES string of the molecule is CC(C)(C)N1OC(C2CCCCC2)CC1(C)C. The fraction of sp³-hybridized carbons (Fsp3) is 1.00. The van der Waals surface area contributed by atoms with E-state index < -0.39 is 0 Å². The van der Waals surface area contributed by atoms with Gasteiger partial charge in [-0.3, -0.25) is 4.84 Å². The van der Waals surface area contributed by atoms with E-state index in [1.807, 2.05) is 0 Å². The number of nitrogens with zero attached hydrogens (tertiary/aromatic N) is 1. The van der Waals surface area contributed by atoms with Gasteiger partial charge in [0.05, 0.1) is 6.10 Å². The Kier molecular flexibility index (Phi) is 3.57. The molecule has 1 aliphatic heterocycles. The molecule has 100 valence electrons. The smallest absolute Gasteiger partial charge is 0.0840 e. The van der Waals surface area contributed by atoms with Crippen molar-refractivity contribution in [1.29, 1.82) is 0 Å². The van der Waals surface area contributed by atoms with Crippen LogP contribution in [0.2, 0.25) is 0 Å². The van der Waals surface area contributed by atoms with E-state index >= 15 is 0 Å². The first kappa shape index (κ1) is 13.4. The van der Waals surface area contributed by atoms with Gasteiger partial charge in [0.15, 0.2) is 0 Å². The zero-order chi connectivity index (χ0) is 12.7. The number of hydroxylamine groups is 2. The Morgan fingerprint density at radius 3 is 2.12 bits per heavy atom. The van der Waals surface area contributed by atoms with Crippen LogP contribution in [0.25, 0.3) is 0 Å². The van der Waals surface area contributed by atoms with Crippen LogP contribution in [-0.2, 0) is 4.84 Å². The van der Waals surface area contributed by atoms with Gasteiger partial charge in [-0.1, -0.05) is 19.3 Å². The lowest BCUT2D eigenvalue weighted by atomic mass is 9.81. The lowest BCUT2D eigenvalue weighted by Gasteiger charge is -2.39. The highest BCUT2D eigenvalue weighted by molar-refractivity contribution is 4.94. The molecule has 2 fully saturated rings. The van der Waals surface area contributed by atoms with Crippen molar-refractivity contribution in [1.82, 2.24) is 5.06 Å². The highest BCUT2D eigenvalue weighted by Crippen LogP contribution is 2.42. The Bertz CT molecular complexity index is 261. The van der Waals surface area contributed by atoms with Gasteiger partial charge >= 0.3 is 0 Å². The van der Waals surface area contributed by atoms with Gasteiger partial charge in [0.25, 0.3) is 0 Å². The van der Waals surface area contributed by atoms with Gasteiger partial charge in [0, 0.05) is 11.1 Å². The van der Waals surface area contributed by atoms with E-state index in [9.17, 15) is 0 Å². The van der Waals surface area contributed by atoms with Crippen LogP contribution < -0.4 is 0 Å². The Morgan fingerprint density at radius 2 is 1.65 bits per heavy atom. The van der Waals surface area contributed by atoms with Gasteiger partial charge < -0.3 is 0 Å². The van der Waals surface area contributed by atoms with Crippen LogP contribution in [0.1, 0.15) is 73.1 Å². The lowest BCUT2D eigenvalue weighted by molar-refractivity contribution is -0.239. The van der Waals surface area contributed by atoms with Crippen molar-refractivity contribution in [2.24, 2.45) is 5.92 Å². The summed E-state index contributed by atoms with van der Waals surface area (Å²) in [5.41, 5.74) is 0.285. The third kappa shape index (κ3) is 2.85. The molecule has 1 heterocycles. The summed E-state index contributed by atoms with van der Waals surface area (Å²) >= 11 is 0. The van der Waals surface area contributed by atoms with E-state index in [2.05, 4.69) is 39.7 Å². The van der Waals surface area contributed by atoms with Gasteiger partial charge in [0.1, 0.15) is 0 Å². The van der Waals surface area contributed by atoms with Crippen molar-refractivity contribution < 1.29 is 4.84 Å². The molecule has 2 aliphatic rings. The van der Waals surface area contributed by atoms with Gasteiger partial charge in [-0.05, 0) is 59.8 Å². The molecule has 1 saturated carbocycles. The third-order valence-corrected chi connectivity index (χ3v) is 4.28. The van der Waals surface area contributed by atoms with Crippen molar-refractivity contribution >= 4 is 0 Å². The lowest BCUT2D eigenvalue weighted by Crippen LogP contribution is -2.49. The van der Waals surface area contributed by atoms with Crippen molar-refractivity contribution in [3.8, 4) is 0 Å². The second kappa shape index (κ2) is 4.55. The number of rotatable bonds is 1. The van der Waals surface area contributed by atoms with Crippen molar-refractivity contribution in [2.45, 2.75) is 90.3 Å². The van der Waals surface area contributed by atoms with Crippen molar-refractivity contribution in [3.05, 3.63) is 0 Å². The molecule has 1 saturated heterocycles. The van der Waals surface area contributed by atoms with E-state index in [-0.39, 0.29) is 11.1 Å². The summed E-state index contributed by atoms with van der Waals surface area (Å²) in [5.74, 6) is 0.801. The van der Waals surface area contributed by atoms with Crippen LogP contribution in [0, 0.1) is 5.92 Å². The first-order chi connectivity index (χ1) is 7.81. The second-order valence-electron chi connectivity index (χ2n) is 7.52. The Morgan fingerprint density at radius 1 is 1.06 bits per heavy atom.